The van der Waals surface area contributed by atoms with Gasteiger partial charge in [-0.05, 0) is 61.0 Å². The summed E-state index contributed by atoms with van der Waals surface area (Å²) in [7, 11) is 7.18. The largest absolute Gasteiger partial charge is 0.343 e. The molecule has 305 valence electrons. The van der Waals surface area contributed by atoms with Crippen molar-refractivity contribution in [3.05, 3.63) is 165 Å². The third-order valence-corrected chi connectivity index (χ3v) is 14.8. The summed E-state index contributed by atoms with van der Waals surface area (Å²) >= 11 is 1.85. The van der Waals surface area contributed by atoms with E-state index in [1.54, 1.807) is 0 Å². The van der Waals surface area contributed by atoms with Crippen LogP contribution in [-0.4, -0.2) is 8.07 Å². The minimum atomic E-state index is -1.43. The second kappa shape index (κ2) is 17.5. The number of rotatable bonds is 7. The molecule has 1 radical (unpaired) electrons. The SMILES string of the molecule is [CH2-]c1ccc(C(C)(C)C)cc1-c1cc(C(C)C)c([Si](C)(C)C)c[n+]1[CH2-].[CH2-]c1ccc2c(sc3cc(-c4ccccc4)ccc32)c1-c1cc(C(C)C(C)C)cc[n+]1[CH2-].[Ir]. The normalized spacial score (nSPS) is 12.4. The van der Waals surface area contributed by atoms with Crippen molar-refractivity contribution in [2.24, 2.45) is 5.92 Å². The Morgan fingerprint density at radius 3 is 1.95 bits per heavy atom. The second-order valence-corrected chi connectivity index (χ2v) is 24.6. The molecule has 0 N–H and O–H groups in total. The fourth-order valence-electron chi connectivity index (χ4n) is 7.63. The van der Waals surface area contributed by atoms with E-state index in [4.69, 9.17) is 0 Å². The first-order valence-corrected chi connectivity index (χ1v) is 24.7. The number of hydrogen-bond donors (Lipinski definition) is 0. The zero-order chi connectivity index (χ0) is 41.6. The van der Waals surface area contributed by atoms with Crippen LogP contribution in [0.4, 0.5) is 0 Å². The Morgan fingerprint density at radius 1 is 0.672 bits per heavy atom. The minimum Gasteiger partial charge on any atom is -0.343 e. The van der Waals surface area contributed by atoms with Gasteiger partial charge in [-0.1, -0.05) is 158 Å². The fourth-order valence-corrected chi connectivity index (χ4v) is 10.7. The molecule has 0 aliphatic heterocycles. The van der Waals surface area contributed by atoms with E-state index in [-0.39, 0.29) is 25.5 Å². The Bertz CT molecular complexity index is 2550. The average molecular weight is 979 g/mol. The van der Waals surface area contributed by atoms with Gasteiger partial charge in [0.1, 0.15) is 0 Å². The molecule has 0 bridgehead atoms. The summed E-state index contributed by atoms with van der Waals surface area (Å²) < 4.78 is 6.62. The van der Waals surface area contributed by atoms with E-state index >= 15 is 0 Å². The summed E-state index contributed by atoms with van der Waals surface area (Å²) in [6.07, 6.45) is 4.35. The van der Waals surface area contributed by atoms with Gasteiger partial charge in [-0.2, -0.15) is 37.1 Å². The van der Waals surface area contributed by atoms with Crippen LogP contribution in [0.2, 0.25) is 19.6 Å². The standard InChI is InChI=1S/C30H28NS.C23H34NSi.Ir/c1-19(2)21(4)23-15-16-31(5)27(17-23)29-20(3)11-13-26-25-14-12-24(18-28(25)32-30(26)29)22-9-7-6-8-10-22;1-16(2)19-14-21(24(7)15-22(19)25(8,9)10)20-13-18(23(4,5)6)12-11-17(20)3;/h6-19,21H,3,5H2,1-2,4H3;11-16H,3,7H2,1-2,4-6,8-10H3;/q2*-1;. The van der Waals surface area contributed by atoms with Crippen LogP contribution in [0, 0.1) is 33.9 Å². The molecule has 0 saturated carbocycles. The zero-order valence-electron chi connectivity index (χ0n) is 36.6. The topological polar surface area (TPSA) is 7.76 Å². The van der Waals surface area contributed by atoms with E-state index in [1.807, 2.05) is 15.9 Å². The van der Waals surface area contributed by atoms with E-state index in [9.17, 15) is 0 Å². The van der Waals surface area contributed by atoms with Crippen molar-refractivity contribution in [3.8, 4) is 33.6 Å². The zero-order valence-corrected chi connectivity index (χ0v) is 40.8. The van der Waals surface area contributed by atoms with Gasteiger partial charge in [-0.25, -0.2) is 0 Å². The first-order chi connectivity index (χ1) is 26.8. The fraction of sp³-hybridized carbons (Fsp3) is 0.283. The van der Waals surface area contributed by atoms with E-state index in [2.05, 4.69) is 217 Å². The number of benzene rings is 4. The van der Waals surface area contributed by atoms with Crippen molar-refractivity contribution >= 4 is 44.8 Å². The van der Waals surface area contributed by atoms with Crippen molar-refractivity contribution in [3.63, 3.8) is 0 Å². The Morgan fingerprint density at radius 2 is 1.33 bits per heavy atom. The first kappa shape index (κ1) is 44.8. The number of thiophene rings is 1. The number of hydrogen-bond acceptors (Lipinski definition) is 1. The summed E-state index contributed by atoms with van der Waals surface area (Å²) in [5.41, 5.74) is 13.5. The molecule has 0 spiro atoms. The number of aromatic nitrogens is 2. The molecule has 0 aliphatic carbocycles. The molecule has 4 aromatic carbocycles. The maximum absolute atomic E-state index is 4.40. The van der Waals surface area contributed by atoms with Crippen molar-refractivity contribution in [2.45, 2.75) is 92.3 Å². The molecule has 1 unspecified atom stereocenters. The van der Waals surface area contributed by atoms with Crippen LogP contribution in [0.25, 0.3) is 53.8 Å². The van der Waals surface area contributed by atoms with Crippen molar-refractivity contribution in [1.82, 2.24) is 0 Å². The molecule has 2 nitrogen and oxygen atoms in total. The number of fused-ring (bicyclic) bond motifs is 3. The van der Waals surface area contributed by atoms with Gasteiger partial charge in [0.05, 0.1) is 31.9 Å². The van der Waals surface area contributed by atoms with Gasteiger partial charge in [0.25, 0.3) is 0 Å². The second-order valence-electron chi connectivity index (χ2n) is 18.5. The molecule has 5 heteroatoms. The smallest absolute Gasteiger partial charge is 0.0709 e. The summed E-state index contributed by atoms with van der Waals surface area (Å²) in [6, 6.07) is 35.2. The van der Waals surface area contributed by atoms with Crippen LogP contribution >= 0.6 is 11.3 Å². The van der Waals surface area contributed by atoms with E-state index in [0.29, 0.717) is 17.8 Å². The molecule has 0 saturated heterocycles. The van der Waals surface area contributed by atoms with Crippen LogP contribution in [0.5, 0.6) is 0 Å². The summed E-state index contributed by atoms with van der Waals surface area (Å²) in [5.74, 6) is 1.57. The third kappa shape index (κ3) is 9.29. The van der Waals surface area contributed by atoms with Gasteiger partial charge in [-0.15, -0.1) is 35.1 Å². The minimum absolute atomic E-state index is 0. The monoisotopic (exact) mass is 979 g/mol. The van der Waals surface area contributed by atoms with Gasteiger partial charge in [0.15, 0.2) is 0 Å². The predicted octanol–water partition coefficient (Wildman–Crippen LogP) is 13.7. The molecule has 7 aromatic rings. The van der Waals surface area contributed by atoms with Gasteiger partial charge in [0, 0.05) is 38.9 Å². The number of nitrogens with zero attached hydrogens (tertiary/aromatic N) is 2. The molecule has 0 amide bonds. The first-order valence-electron chi connectivity index (χ1n) is 20.4. The molecule has 58 heavy (non-hydrogen) atoms. The van der Waals surface area contributed by atoms with Gasteiger partial charge in [-0.3, -0.25) is 0 Å². The average Bonchev–Trinajstić information content (AvgIpc) is 3.52. The third-order valence-electron chi connectivity index (χ3n) is 11.6. The predicted molar refractivity (Wildman–Crippen MR) is 252 cm³/mol. The van der Waals surface area contributed by atoms with Gasteiger partial charge >= 0.3 is 0 Å². The van der Waals surface area contributed by atoms with Crippen LogP contribution in [0.1, 0.15) is 95.0 Å². The molecule has 3 heterocycles. The van der Waals surface area contributed by atoms with E-state index < -0.39 is 8.07 Å². The molecule has 3 aromatic heterocycles. The Kier molecular flexibility index (Phi) is 13.6. The molecule has 1 atom stereocenters. The Labute approximate surface area is 368 Å². The van der Waals surface area contributed by atoms with Crippen molar-refractivity contribution < 1.29 is 29.2 Å². The number of pyridine rings is 2. The van der Waals surface area contributed by atoms with Crippen LogP contribution < -0.4 is 14.3 Å². The molecule has 0 aliphatic rings. The summed E-state index contributed by atoms with van der Waals surface area (Å²) in [4.78, 5) is 0. The summed E-state index contributed by atoms with van der Waals surface area (Å²) in [5, 5.41) is 4.08. The van der Waals surface area contributed by atoms with Gasteiger partial charge < -0.3 is 9.13 Å². The van der Waals surface area contributed by atoms with Crippen LogP contribution in [0.15, 0.2) is 109 Å². The van der Waals surface area contributed by atoms with Gasteiger partial charge in [0.2, 0.25) is 0 Å². The Balaban J connectivity index is 0.000000224. The van der Waals surface area contributed by atoms with Crippen LogP contribution in [0.3, 0.4) is 0 Å². The maximum atomic E-state index is 4.40. The maximum Gasteiger partial charge on any atom is 0.0709 e. The molecular formula is C53H62IrN2SSi-2. The van der Waals surface area contributed by atoms with Crippen LogP contribution in [-0.2, 0) is 25.5 Å². The molecule has 0 fully saturated rings. The van der Waals surface area contributed by atoms with Crippen molar-refractivity contribution in [1.29, 1.82) is 0 Å². The summed E-state index contributed by atoms with van der Waals surface area (Å²) in [6.45, 7) is 34.1. The molecule has 7 rings (SSSR count). The molecular weight excluding hydrogens is 917 g/mol. The van der Waals surface area contributed by atoms with E-state index in [1.165, 1.54) is 64.3 Å². The quantitative estimate of drug-likeness (QED) is 0.0854. The Hall–Kier alpha value is -4.25. The van der Waals surface area contributed by atoms with Crippen molar-refractivity contribution in [2.75, 3.05) is 0 Å². The van der Waals surface area contributed by atoms with E-state index in [0.717, 1.165) is 22.5 Å².